The molecular formula is C21H20ClN3O6. The van der Waals surface area contributed by atoms with Crippen molar-refractivity contribution < 1.29 is 29.1 Å². The van der Waals surface area contributed by atoms with Gasteiger partial charge in [0.1, 0.15) is 6.54 Å². The second-order valence-corrected chi connectivity index (χ2v) is 7.82. The SMILES string of the molecule is COc1cc(C2C3C(=O)N(c4ccc(C)c(Cl)c4)C(=O)C3ON2CC(N)=O)ccc1O. The first-order valence-electron chi connectivity index (χ1n) is 9.45. The monoisotopic (exact) mass is 445 g/mol. The molecule has 0 saturated carbocycles. The molecule has 0 aromatic heterocycles. The van der Waals surface area contributed by atoms with Crippen molar-refractivity contribution in [3.63, 3.8) is 0 Å². The van der Waals surface area contributed by atoms with Gasteiger partial charge in [-0.1, -0.05) is 23.7 Å². The van der Waals surface area contributed by atoms with Gasteiger partial charge in [0.15, 0.2) is 17.6 Å². The number of aromatic hydroxyl groups is 1. The Morgan fingerprint density at radius 2 is 1.97 bits per heavy atom. The van der Waals surface area contributed by atoms with Gasteiger partial charge >= 0.3 is 0 Å². The number of benzene rings is 2. The number of carbonyl (C=O) groups excluding carboxylic acids is 3. The smallest absolute Gasteiger partial charge is 0.265 e. The third-order valence-electron chi connectivity index (χ3n) is 5.47. The molecule has 2 saturated heterocycles. The third-order valence-corrected chi connectivity index (χ3v) is 5.87. The van der Waals surface area contributed by atoms with Crippen molar-refractivity contribution >= 4 is 35.0 Å². The zero-order valence-electron chi connectivity index (χ0n) is 16.7. The van der Waals surface area contributed by atoms with E-state index in [1.807, 2.05) is 6.92 Å². The zero-order chi connectivity index (χ0) is 22.4. The standard InChI is InChI=1S/C21H20ClN3O6/c1-10-3-5-12(8-13(10)22)25-20(28)17-18(11-4-6-14(26)15(7-11)30-2)24(9-16(23)27)31-19(17)21(25)29/h3-8,17-19,26H,9H2,1-2H3,(H2,23,27). The number of aryl methyl sites for hydroxylation is 1. The van der Waals surface area contributed by atoms with Crippen LogP contribution in [0.5, 0.6) is 11.5 Å². The zero-order valence-corrected chi connectivity index (χ0v) is 17.5. The molecule has 0 bridgehead atoms. The molecule has 0 aliphatic carbocycles. The lowest BCUT2D eigenvalue weighted by Gasteiger charge is -2.26. The number of phenols is 1. The molecule has 3 N–H and O–H groups in total. The predicted octanol–water partition coefficient (Wildman–Crippen LogP) is 1.69. The number of anilines is 1. The highest BCUT2D eigenvalue weighted by Gasteiger charge is 2.60. The van der Waals surface area contributed by atoms with E-state index in [-0.39, 0.29) is 18.0 Å². The van der Waals surface area contributed by atoms with Gasteiger partial charge in [-0.05, 0) is 42.3 Å². The molecule has 3 atom stereocenters. The molecule has 9 nitrogen and oxygen atoms in total. The van der Waals surface area contributed by atoms with Crippen molar-refractivity contribution in [2.45, 2.75) is 19.1 Å². The molecule has 2 aromatic rings. The lowest BCUT2D eigenvalue weighted by Crippen LogP contribution is -2.40. The lowest BCUT2D eigenvalue weighted by molar-refractivity contribution is -0.175. The summed E-state index contributed by atoms with van der Waals surface area (Å²) in [5, 5.41) is 11.6. The molecule has 2 aliphatic rings. The summed E-state index contributed by atoms with van der Waals surface area (Å²) >= 11 is 6.18. The summed E-state index contributed by atoms with van der Waals surface area (Å²) in [7, 11) is 1.39. The number of nitrogens with zero attached hydrogens (tertiary/aromatic N) is 2. The average molecular weight is 446 g/mol. The van der Waals surface area contributed by atoms with Crippen LogP contribution in [0.25, 0.3) is 0 Å². The van der Waals surface area contributed by atoms with Crippen LogP contribution in [-0.4, -0.2) is 47.6 Å². The number of hydrogen-bond acceptors (Lipinski definition) is 7. The molecule has 2 fully saturated rings. The number of ether oxygens (including phenoxy) is 1. The summed E-state index contributed by atoms with van der Waals surface area (Å²) in [6, 6.07) is 8.62. The molecule has 2 aliphatic heterocycles. The van der Waals surface area contributed by atoms with E-state index in [0.29, 0.717) is 16.3 Å². The number of nitrogens with two attached hydrogens (primary N) is 1. The minimum atomic E-state index is -1.13. The first-order valence-corrected chi connectivity index (χ1v) is 9.83. The Morgan fingerprint density at radius 1 is 1.23 bits per heavy atom. The Labute approximate surface area is 182 Å². The predicted molar refractivity (Wildman–Crippen MR) is 110 cm³/mol. The van der Waals surface area contributed by atoms with Gasteiger partial charge in [-0.15, -0.1) is 0 Å². The molecule has 3 unspecified atom stereocenters. The molecule has 10 heteroatoms. The van der Waals surface area contributed by atoms with Gasteiger partial charge in [-0.3, -0.25) is 19.2 Å². The Hall–Kier alpha value is -3.14. The summed E-state index contributed by atoms with van der Waals surface area (Å²) in [6.45, 7) is 1.49. The van der Waals surface area contributed by atoms with Gasteiger partial charge < -0.3 is 15.6 Å². The number of phenolic OH excluding ortho intramolecular Hbond substituents is 1. The third kappa shape index (κ3) is 3.50. The Morgan fingerprint density at radius 3 is 2.61 bits per heavy atom. The number of primary amides is 1. The number of rotatable bonds is 5. The highest BCUT2D eigenvalue weighted by molar-refractivity contribution is 6.32. The summed E-state index contributed by atoms with van der Waals surface area (Å²) in [4.78, 5) is 44.9. The lowest BCUT2D eigenvalue weighted by atomic mass is 9.90. The van der Waals surface area contributed by atoms with Crippen molar-refractivity contribution in [1.82, 2.24) is 5.06 Å². The molecule has 0 radical (unpaired) electrons. The van der Waals surface area contributed by atoms with Crippen molar-refractivity contribution in [2.24, 2.45) is 11.7 Å². The quantitative estimate of drug-likeness (QED) is 0.671. The largest absolute Gasteiger partial charge is 0.504 e. The van der Waals surface area contributed by atoms with E-state index in [4.69, 9.17) is 26.9 Å². The van der Waals surface area contributed by atoms with Gasteiger partial charge in [0.25, 0.3) is 5.91 Å². The number of imide groups is 1. The number of hydroxylamine groups is 2. The summed E-state index contributed by atoms with van der Waals surface area (Å²) < 4.78 is 5.16. The van der Waals surface area contributed by atoms with E-state index >= 15 is 0 Å². The van der Waals surface area contributed by atoms with Crippen LogP contribution < -0.4 is 15.4 Å². The van der Waals surface area contributed by atoms with Gasteiger partial charge in [0, 0.05) is 5.02 Å². The van der Waals surface area contributed by atoms with Crippen LogP contribution >= 0.6 is 11.6 Å². The van der Waals surface area contributed by atoms with Crippen molar-refractivity contribution in [2.75, 3.05) is 18.6 Å². The fraction of sp³-hybridized carbons (Fsp3) is 0.286. The Kier molecular flexibility index (Phi) is 5.34. The number of hydrogen-bond donors (Lipinski definition) is 2. The minimum absolute atomic E-state index is 0.0899. The molecular weight excluding hydrogens is 426 g/mol. The molecule has 2 heterocycles. The number of fused-ring (bicyclic) bond motifs is 1. The van der Waals surface area contributed by atoms with Gasteiger partial charge in [-0.25, -0.2) is 4.90 Å². The van der Waals surface area contributed by atoms with Crippen LogP contribution in [0.4, 0.5) is 5.69 Å². The van der Waals surface area contributed by atoms with E-state index in [9.17, 15) is 19.5 Å². The number of carbonyl (C=O) groups is 3. The molecule has 0 spiro atoms. The second kappa shape index (κ2) is 7.84. The Balaban J connectivity index is 1.76. The fourth-order valence-electron chi connectivity index (χ4n) is 3.99. The van der Waals surface area contributed by atoms with Crippen LogP contribution in [0.3, 0.4) is 0 Å². The fourth-order valence-corrected chi connectivity index (χ4v) is 4.16. The van der Waals surface area contributed by atoms with Gasteiger partial charge in [0.2, 0.25) is 11.8 Å². The first-order chi connectivity index (χ1) is 14.7. The highest BCUT2D eigenvalue weighted by Crippen LogP contribution is 2.47. The normalized spacial score (nSPS) is 23.3. The molecule has 2 aromatic carbocycles. The topological polar surface area (TPSA) is 122 Å². The second-order valence-electron chi connectivity index (χ2n) is 7.41. The van der Waals surface area contributed by atoms with Crippen LogP contribution in [-0.2, 0) is 19.2 Å². The van der Waals surface area contributed by atoms with Gasteiger partial charge in [-0.2, -0.15) is 5.06 Å². The van der Waals surface area contributed by atoms with E-state index in [0.717, 1.165) is 10.5 Å². The number of methoxy groups -OCH3 is 1. The summed E-state index contributed by atoms with van der Waals surface area (Å²) in [6.07, 6.45) is -1.13. The highest BCUT2D eigenvalue weighted by atomic mass is 35.5. The van der Waals surface area contributed by atoms with E-state index in [1.54, 1.807) is 24.3 Å². The summed E-state index contributed by atoms with van der Waals surface area (Å²) in [5.41, 5.74) is 7.01. The maximum Gasteiger partial charge on any atom is 0.265 e. The number of amides is 3. The van der Waals surface area contributed by atoms with Crippen molar-refractivity contribution in [3.8, 4) is 11.5 Å². The average Bonchev–Trinajstić information content (AvgIpc) is 3.19. The molecule has 4 rings (SSSR count). The van der Waals surface area contributed by atoms with Crippen LogP contribution in [0.1, 0.15) is 17.2 Å². The van der Waals surface area contributed by atoms with Crippen LogP contribution in [0.15, 0.2) is 36.4 Å². The van der Waals surface area contributed by atoms with E-state index in [2.05, 4.69) is 0 Å². The molecule has 3 amide bonds. The van der Waals surface area contributed by atoms with E-state index < -0.39 is 35.8 Å². The molecule has 31 heavy (non-hydrogen) atoms. The maximum atomic E-state index is 13.4. The van der Waals surface area contributed by atoms with E-state index in [1.165, 1.54) is 24.3 Å². The maximum absolute atomic E-state index is 13.4. The van der Waals surface area contributed by atoms with Gasteiger partial charge in [0.05, 0.1) is 24.8 Å². The van der Waals surface area contributed by atoms with Crippen molar-refractivity contribution in [1.29, 1.82) is 0 Å². The number of halogens is 1. The van der Waals surface area contributed by atoms with Crippen LogP contribution in [0.2, 0.25) is 5.02 Å². The minimum Gasteiger partial charge on any atom is -0.504 e. The van der Waals surface area contributed by atoms with Crippen molar-refractivity contribution in [3.05, 3.63) is 52.5 Å². The van der Waals surface area contributed by atoms with Crippen LogP contribution in [0, 0.1) is 12.8 Å². The Bertz CT molecular complexity index is 1090. The summed E-state index contributed by atoms with van der Waals surface area (Å²) in [5.74, 6) is -2.57. The first kappa shape index (κ1) is 21.1. The molecule has 162 valence electrons.